The van der Waals surface area contributed by atoms with E-state index in [0.29, 0.717) is 11.4 Å². The van der Waals surface area contributed by atoms with Gasteiger partial charge >= 0.3 is 0 Å². The lowest BCUT2D eigenvalue weighted by molar-refractivity contribution is 0.0593. The minimum Gasteiger partial charge on any atom is -0.508 e. The van der Waals surface area contributed by atoms with Gasteiger partial charge in [-0.2, -0.15) is 5.10 Å². The van der Waals surface area contributed by atoms with Crippen LogP contribution in [0.2, 0.25) is 0 Å². The Morgan fingerprint density at radius 1 is 1.22 bits per heavy atom. The number of carbonyl (C=O) groups is 1. The van der Waals surface area contributed by atoms with E-state index in [-0.39, 0.29) is 11.9 Å². The zero-order valence-corrected chi connectivity index (χ0v) is 16.2. The van der Waals surface area contributed by atoms with Crippen LogP contribution in [0.4, 0.5) is 0 Å². The summed E-state index contributed by atoms with van der Waals surface area (Å²) in [6.45, 7) is 0.828. The summed E-state index contributed by atoms with van der Waals surface area (Å²) in [5.41, 5.74) is 4.25. The fourth-order valence-electron chi connectivity index (χ4n) is 4.69. The molecule has 144 valence electrons. The molecule has 2 heterocycles. The van der Waals surface area contributed by atoms with Crippen LogP contribution < -0.4 is 0 Å². The highest BCUT2D eigenvalue weighted by Crippen LogP contribution is 2.28. The van der Waals surface area contributed by atoms with E-state index < -0.39 is 0 Å². The number of nitrogens with zero attached hydrogens (tertiary/aromatic N) is 3. The molecule has 1 atom stereocenters. The van der Waals surface area contributed by atoms with Crippen molar-refractivity contribution in [2.75, 3.05) is 6.54 Å². The molecule has 0 saturated carbocycles. The van der Waals surface area contributed by atoms with Gasteiger partial charge in [0.25, 0.3) is 5.91 Å². The van der Waals surface area contributed by atoms with Crippen molar-refractivity contribution >= 4 is 5.91 Å². The molecule has 5 heteroatoms. The number of aryl methyl sites for hydroxylation is 2. The molecule has 2 aromatic rings. The first-order valence-corrected chi connectivity index (χ1v) is 10.3. The lowest BCUT2D eigenvalue weighted by Gasteiger charge is -2.36. The number of aromatic nitrogens is 2. The third kappa shape index (κ3) is 3.73. The van der Waals surface area contributed by atoms with E-state index in [1.807, 2.05) is 29.9 Å². The highest BCUT2D eigenvalue weighted by atomic mass is 16.3. The smallest absolute Gasteiger partial charge is 0.274 e. The molecule has 4 rings (SSSR count). The van der Waals surface area contributed by atoms with Gasteiger partial charge in [-0.1, -0.05) is 12.1 Å². The largest absolute Gasteiger partial charge is 0.508 e. The summed E-state index contributed by atoms with van der Waals surface area (Å²) in [6, 6.07) is 7.71. The number of likely N-dealkylation sites (tertiary alicyclic amines) is 1. The van der Waals surface area contributed by atoms with Gasteiger partial charge in [0.05, 0.1) is 0 Å². The molecule has 1 N–H and O–H groups in total. The number of carbonyl (C=O) groups excluding carboxylic acids is 1. The zero-order chi connectivity index (χ0) is 18.8. The fraction of sp³-hybridized carbons (Fsp3) is 0.545. The zero-order valence-electron chi connectivity index (χ0n) is 16.2. The quantitative estimate of drug-likeness (QED) is 0.898. The summed E-state index contributed by atoms with van der Waals surface area (Å²) in [4.78, 5) is 15.4. The topological polar surface area (TPSA) is 58.4 Å². The van der Waals surface area contributed by atoms with Crippen LogP contribution in [0.15, 0.2) is 24.3 Å². The van der Waals surface area contributed by atoms with Crippen LogP contribution in [-0.2, 0) is 26.3 Å². The van der Waals surface area contributed by atoms with Gasteiger partial charge in [-0.05, 0) is 75.5 Å². The summed E-state index contributed by atoms with van der Waals surface area (Å²) in [5, 5.41) is 14.3. The monoisotopic (exact) mass is 367 g/mol. The van der Waals surface area contributed by atoms with E-state index in [4.69, 9.17) is 0 Å². The minimum atomic E-state index is 0.120. The molecule has 1 amide bonds. The van der Waals surface area contributed by atoms with Crippen molar-refractivity contribution in [3.05, 3.63) is 46.8 Å². The Balaban J connectivity index is 1.51. The summed E-state index contributed by atoms with van der Waals surface area (Å²) in [6.07, 6.45) is 9.47. The summed E-state index contributed by atoms with van der Waals surface area (Å²) < 4.78 is 1.92. The number of phenolic OH excluding ortho intramolecular Hbond substituents is 1. The summed E-state index contributed by atoms with van der Waals surface area (Å²) >= 11 is 0. The number of amides is 1. The van der Waals surface area contributed by atoms with Gasteiger partial charge in [-0.15, -0.1) is 0 Å². The maximum absolute atomic E-state index is 13.4. The number of hydrogen-bond acceptors (Lipinski definition) is 3. The van der Waals surface area contributed by atoms with E-state index >= 15 is 0 Å². The predicted molar refractivity (Wildman–Crippen MR) is 105 cm³/mol. The number of hydrogen-bond donors (Lipinski definition) is 1. The van der Waals surface area contributed by atoms with Crippen molar-refractivity contribution < 1.29 is 9.90 Å². The van der Waals surface area contributed by atoms with Crippen molar-refractivity contribution in [2.24, 2.45) is 7.05 Å². The molecule has 1 aliphatic carbocycles. The van der Waals surface area contributed by atoms with Gasteiger partial charge in [0, 0.05) is 30.9 Å². The van der Waals surface area contributed by atoms with E-state index in [9.17, 15) is 9.90 Å². The normalized spacial score (nSPS) is 19.7. The number of aromatic hydroxyl groups is 1. The Morgan fingerprint density at radius 2 is 2.07 bits per heavy atom. The number of benzene rings is 1. The second-order valence-corrected chi connectivity index (χ2v) is 7.96. The van der Waals surface area contributed by atoms with E-state index in [1.54, 1.807) is 6.07 Å². The number of phenols is 1. The van der Waals surface area contributed by atoms with E-state index in [1.165, 1.54) is 24.1 Å². The standard InChI is InChI=1S/C22H29N3O2/c1-24-20-11-3-2-10-19(20)21(23-24)22(27)25-14-5-4-8-17(25)13-12-16-7-6-9-18(26)15-16/h6-7,9,15,17,26H,2-5,8,10-14H2,1H3/t17-/m0/s1. The molecule has 1 aliphatic heterocycles. The van der Waals surface area contributed by atoms with E-state index in [0.717, 1.165) is 57.1 Å². The molecule has 0 bridgehead atoms. The Hall–Kier alpha value is -2.30. The number of piperidine rings is 1. The summed E-state index contributed by atoms with van der Waals surface area (Å²) in [5.74, 6) is 0.429. The van der Waals surface area contributed by atoms with Gasteiger partial charge in [0.15, 0.2) is 5.69 Å². The molecule has 0 spiro atoms. The first kappa shape index (κ1) is 18.1. The van der Waals surface area contributed by atoms with Gasteiger partial charge in [0.2, 0.25) is 0 Å². The molecule has 0 unspecified atom stereocenters. The molecule has 1 saturated heterocycles. The first-order valence-electron chi connectivity index (χ1n) is 10.3. The van der Waals surface area contributed by atoms with E-state index in [2.05, 4.69) is 10.00 Å². The van der Waals surface area contributed by atoms with Crippen LogP contribution in [0, 0.1) is 0 Å². The van der Waals surface area contributed by atoms with Gasteiger partial charge in [-0.25, -0.2) is 0 Å². The Morgan fingerprint density at radius 3 is 2.93 bits per heavy atom. The average molecular weight is 367 g/mol. The Kier molecular flexibility index (Phi) is 5.19. The second-order valence-electron chi connectivity index (χ2n) is 7.96. The average Bonchev–Trinajstić information content (AvgIpc) is 3.03. The van der Waals surface area contributed by atoms with Crippen molar-refractivity contribution in [2.45, 2.75) is 63.8 Å². The van der Waals surface area contributed by atoms with Crippen molar-refractivity contribution in [1.82, 2.24) is 14.7 Å². The summed E-state index contributed by atoms with van der Waals surface area (Å²) in [7, 11) is 1.97. The Bertz CT molecular complexity index is 827. The molecule has 1 fully saturated rings. The van der Waals surface area contributed by atoms with Crippen LogP contribution >= 0.6 is 0 Å². The second kappa shape index (κ2) is 7.75. The number of fused-ring (bicyclic) bond motifs is 1. The highest BCUT2D eigenvalue weighted by Gasteiger charge is 2.32. The van der Waals surface area contributed by atoms with Crippen LogP contribution in [0.1, 0.15) is 65.8 Å². The third-order valence-corrected chi connectivity index (χ3v) is 6.13. The van der Waals surface area contributed by atoms with Gasteiger partial charge < -0.3 is 10.0 Å². The fourth-order valence-corrected chi connectivity index (χ4v) is 4.69. The maximum atomic E-state index is 13.4. The molecule has 1 aromatic heterocycles. The van der Waals surface area contributed by atoms with Gasteiger partial charge in [0.1, 0.15) is 5.75 Å². The lowest BCUT2D eigenvalue weighted by Crippen LogP contribution is -2.44. The van der Waals surface area contributed by atoms with Crippen LogP contribution in [-0.4, -0.2) is 38.3 Å². The molecular formula is C22H29N3O2. The molecule has 5 nitrogen and oxygen atoms in total. The maximum Gasteiger partial charge on any atom is 0.274 e. The highest BCUT2D eigenvalue weighted by molar-refractivity contribution is 5.94. The molecule has 0 radical (unpaired) electrons. The lowest BCUT2D eigenvalue weighted by atomic mass is 9.93. The molecule has 1 aromatic carbocycles. The number of rotatable bonds is 4. The van der Waals surface area contributed by atoms with Crippen molar-refractivity contribution in [1.29, 1.82) is 0 Å². The molecule has 27 heavy (non-hydrogen) atoms. The first-order chi connectivity index (χ1) is 13.1. The van der Waals surface area contributed by atoms with Crippen LogP contribution in [0.25, 0.3) is 0 Å². The minimum absolute atomic E-state index is 0.120. The molecule has 2 aliphatic rings. The third-order valence-electron chi connectivity index (χ3n) is 6.13. The van der Waals surface area contributed by atoms with Crippen LogP contribution in [0.5, 0.6) is 5.75 Å². The van der Waals surface area contributed by atoms with Crippen LogP contribution in [0.3, 0.4) is 0 Å². The Labute approximate surface area is 161 Å². The molecular weight excluding hydrogens is 338 g/mol. The van der Waals surface area contributed by atoms with Crippen molar-refractivity contribution in [3.63, 3.8) is 0 Å². The SMILES string of the molecule is Cn1nc(C(=O)N2CCCC[C@H]2CCc2cccc(O)c2)c2c1CCCC2. The predicted octanol–water partition coefficient (Wildman–Crippen LogP) is 3.63. The van der Waals surface area contributed by atoms with Crippen molar-refractivity contribution in [3.8, 4) is 5.75 Å². The van der Waals surface area contributed by atoms with Gasteiger partial charge in [-0.3, -0.25) is 9.48 Å².